The third-order valence-electron chi connectivity index (χ3n) is 9.17. The van der Waals surface area contributed by atoms with Crippen LogP contribution in [-0.2, 0) is 33.9 Å². The summed E-state index contributed by atoms with van der Waals surface area (Å²) in [6, 6.07) is 2.77. The molecule has 2 aromatic rings. The number of hydrogen-bond donors (Lipinski definition) is 4. The molecule has 0 radical (unpaired) electrons. The zero-order valence-corrected chi connectivity index (χ0v) is 31.8. The van der Waals surface area contributed by atoms with E-state index >= 15 is 0 Å². The van der Waals surface area contributed by atoms with Crippen molar-refractivity contribution in [3.05, 3.63) is 48.8 Å². The van der Waals surface area contributed by atoms with Crippen LogP contribution in [0.2, 0.25) is 0 Å². The molecule has 3 fully saturated rings. The second-order valence-corrected chi connectivity index (χ2v) is 17.8. The van der Waals surface area contributed by atoms with Gasteiger partial charge in [0.15, 0.2) is 0 Å². The normalized spacial score (nSPS) is 23.3. The predicted molar refractivity (Wildman–Crippen MR) is 192 cm³/mol. The maximum absolute atomic E-state index is 14.4. The summed E-state index contributed by atoms with van der Waals surface area (Å²) < 4.78 is 38.6. The van der Waals surface area contributed by atoms with Gasteiger partial charge in [-0.15, -0.1) is 11.4 Å². The van der Waals surface area contributed by atoms with Gasteiger partial charge in [-0.05, 0) is 70.1 Å². The number of amides is 5. The van der Waals surface area contributed by atoms with Crippen molar-refractivity contribution in [3.63, 3.8) is 0 Å². The Labute approximate surface area is 308 Å². The molecule has 0 spiro atoms. The predicted octanol–water partition coefficient (Wildman–Crippen LogP) is 2.70. The van der Waals surface area contributed by atoms with Gasteiger partial charge in [-0.1, -0.05) is 32.9 Å². The molecule has 17 nitrogen and oxygen atoms in total. The van der Waals surface area contributed by atoms with Crippen LogP contribution in [-0.4, -0.2) is 99.3 Å². The highest BCUT2D eigenvalue weighted by atomic mass is 32.2. The highest BCUT2D eigenvalue weighted by molar-refractivity contribution is 7.91. The van der Waals surface area contributed by atoms with Gasteiger partial charge in [0, 0.05) is 12.3 Å². The Morgan fingerprint density at radius 2 is 1.70 bits per heavy atom. The Balaban J connectivity index is 1.40. The third-order valence-corrected chi connectivity index (χ3v) is 11.0. The Bertz CT molecular complexity index is 1880. The summed E-state index contributed by atoms with van der Waals surface area (Å²) in [5, 5.41) is 15.6. The first-order valence-electron chi connectivity index (χ1n) is 17.4. The fraction of sp³-hybridized carbons (Fsp3) is 0.571. The topological polar surface area (TPSA) is 220 Å². The first-order valence-corrected chi connectivity index (χ1v) is 18.9. The molecule has 2 saturated carbocycles. The van der Waals surface area contributed by atoms with Crippen molar-refractivity contribution in [2.24, 2.45) is 11.3 Å². The second kappa shape index (κ2) is 14.4. The SMILES string of the molecule is C=CC1C[C@]1(NC(=O)[C@@H]1C[C@@H](OC(=O)Nc2cc(C)ccc2-n2nccn2)CN1C(=O)[C@@H](NC(=O)OC(C)(C)C)C(C)(C)C)C(=O)NS(=O)(=O)C1CC1. The number of ether oxygens (including phenoxy) is 2. The van der Waals surface area contributed by atoms with Crippen LogP contribution in [0.5, 0.6) is 0 Å². The van der Waals surface area contributed by atoms with Crippen molar-refractivity contribution in [1.82, 2.24) is 35.2 Å². The zero-order chi connectivity index (χ0) is 39.1. The molecular weight excluding hydrogens is 708 g/mol. The number of hydrogen-bond acceptors (Lipinski definition) is 11. The summed E-state index contributed by atoms with van der Waals surface area (Å²) in [7, 11) is -3.94. The van der Waals surface area contributed by atoms with Gasteiger partial charge in [-0.2, -0.15) is 10.2 Å². The van der Waals surface area contributed by atoms with Crippen LogP contribution >= 0.6 is 0 Å². The highest BCUT2D eigenvalue weighted by Crippen LogP contribution is 2.45. The van der Waals surface area contributed by atoms with E-state index in [0.29, 0.717) is 24.2 Å². The van der Waals surface area contributed by atoms with Crippen molar-refractivity contribution in [2.75, 3.05) is 11.9 Å². The van der Waals surface area contributed by atoms with E-state index in [0.717, 1.165) is 5.56 Å². The largest absolute Gasteiger partial charge is 0.444 e. The summed E-state index contributed by atoms with van der Waals surface area (Å²) in [6.45, 7) is 15.5. The van der Waals surface area contributed by atoms with Gasteiger partial charge in [0.1, 0.15) is 35.0 Å². The Morgan fingerprint density at radius 1 is 1.04 bits per heavy atom. The molecule has 1 unspecified atom stereocenters. The molecule has 3 aliphatic rings. The van der Waals surface area contributed by atoms with Crippen molar-refractivity contribution >= 4 is 45.6 Å². The number of nitrogens with one attached hydrogen (secondary N) is 4. The number of carbonyl (C=O) groups excluding carboxylic acids is 5. The highest BCUT2D eigenvalue weighted by Gasteiger charge is 2.62. The van der Waals surface area contributed by atoms with Gasteiger partial charge in [-0.25, -0.2) is 18.0 Å². The van der Waals surface area contributed by atoms with Gasteiger partial charge in [0.2, 0.25) is 21.8 Å². The average Bonchev–Trinajstić information content (AvgIpc) is 3.91. The minimum atomic E-state index is -3.94. The minimum Gasteiger partial charge on any atom is -0.444 e. The number of nitrogens with zero attached hydrogens (tertiary/aromatic N) is 4. The van der Waals surface area contributed by atoms with Crippen LogP contribution in [0.25, 0.3) is 5.69 Å². The molecule has 5 atom stereocenters. The smallest absolute Gasteiger partial charge is 0.412 e. The molecule has 4 N–H and O–H groups in total. The van der Waals surface area contributed by atoms with Crippen LogP contribution in [0.15, 0.2) is 43.2 Å². The molecule has 2 heterocycles. The lowest BCUT2D eigenvalue weighted by atomic mass is 9.85. The fourth-order valence-corrected chi connectivity index (χ4v) is 7.55. The Morgan fingerprint density at radius 3 is 2.26 bits per heavy atom. The van der Waals surface area contributed by atoms with E-state index in [4.69, 9.17) is 9.47 Å². The lowest BCUT2D eigenvalue weighted by Gasteiger charge is -2.36. The number of aryl methyl sites for hydroxylation is 1. The van der Waals surface area contributed by atoms with Crippen LogP contribution in [0.1, 0.15) is 72.8 Å². The molecule has 18 heteroatoms. The summed E-state index contributed by atoms with van der Waals surface area (Å²) in [6.07, 6.45) is 2.46. The number of rotatable bonds is 11. The first-order chi connectivity index (χ1) is 24.6. The van der Waals surface area contributed by atoms with Gasteiger partial charge < -0.3 is 25.0 Å². The van der Waals surface area contributed by atoms with E-state index in [1.54, 1.807) is 53.7 Å². The van der Waals surface area contributed by atoms with E-state index in [1.165, 1.54) is 28.2 Å². The molecule has 0 bridgehead atoms. The summed E-state index contributed by atoms with van der Waals surface area (Å²) in [5.74, 6) is -2.91. The van der Waals surface area contributed by atoms with Crippen molar-refractivity contribution in [3.8, 4) is 5.69 Å². The van der Waals surface area contributed by atoms with Crippen molar-refractivity contribution in [1.29, 1.82) is 0 Å². The first kappa shape index (κ1) is 39.2. The second-order valence-electron chi connectivity index (χ2n) is 15.9. The number of likely N-dealkylation sites (tertiary alicyclic amines) is 1. The van der Waals surface area contributed by atoms with Crippen molar-refractivity contribution in [2.45, 2.75) is 109 Å². The summed E-state index contributed by atoms with van der Waals surface area (Å²) >= 11 is 0. The van der Waals surface area contributed by atoms with Crippen LogP contribution in [0.4, 0.5) is 15.3 Å². The van der Waals surface area contributed by atoms with Gasteiger partial charge in [0.05, 0.1) is 29.9 Å². The lowest BCUT2D eigenvalue weighted by molar-refractivity contribution is -0.143. The molecule has 5 amide bonds. The molecule has 5 rings (SSSR count). The number of benzene rings is 1. The lowest BCUT2D eigenvalue weighted by Crippen LogP contribution is -2.60. The number of anilines is 1. The molecule has 1 aromatic heterocycles. The van der Waals surface area contributed by atoms with Crippen LogP contribution in [0.3, 0.4) is 0 Å². The average molecular weight is 757 g/mol. The van der Waals surface area contributed by atoms with E-state index in [1.807, 2.05) is 13.0 Å². The Hall–Kier alpha value is -5.00. The Kier molecular flexibility index (Phi) is 10.7. The molecular formula is C35H48N8O9S. The monoisotopic (exact) mass is 756 g/mol. The number of carbonyl (C=O) groups is 5. The maximum Gasteiger partial charge on any atom is 0.412 e. The third kappa shape index (κ3) is 9.15. The van der Waals surface area contributed by atoms with E-state index in [9.17, 15) is 32.4 Å². The van der Waals surface area contributed by atoms with Crippen molar-refractivity contribution < 1.29 is 41.9 Å². The molecule has 2 aliphatic carbocycles. The standard InChI is InChI=1S/C35H48N8O9S/c1-9-21-18-35(21,30(46)41-53(49,50)23-11-12-23)40-28(44)26-17-22(19-42(26)29(45)27(33(3,4)5)39-32(48)52-34(6,7)8)51-31(47)38-24-16-20(2)10-13-25(24)43-36-14-15-37-43/h9-10,13-16,21-23,26-27H,1,11-12,17-19H2,2-8H3,(H,38,47)(H,39,48)(H,40,44)(H,41,46)/t21?,22-,26+,27-,35-/m1/s1. The summed E-state index contributed by atoms with van der Waals surface area (Å²) in [5.41, 5.74) is -1.72. The molecule has 1 aliphatic heterocycles. The van der Waals surface area contributed by atoms with E-state index < -0.39 is 85.8 Å². The van der Waals surface area contributed by atoms with E-state index in [-0.39, 0.29) is 19.4 Å². The van der Waals surface area contributed by atoms with Crippen LogP contribution < -0.4 is 20.7 Å². The van der Waals surface area contributed by atoms with Crippen LogP contribution in [0, 0.1) is 18.3 Å². The van der Waals surface area contributed by atoms with E-state index in [2.05, 4.69) is 37.4 Å². The fourth-order valence-electron chi connectivity index (χ4n) is 6.19. The van der Waals surface area contributed by atoms with Gasteiger partial charge >= 0.3 is 12.2 Å². The molecule has 53 heavy (non-hydrogen) atoms. The van der Waals surface area contributed by atoms with Gasteiger partial charge in [-0.3, -0.25) is 24.4 Å². The maximum atomic E-state index is 14.4. The zero-order valence-electron chi connectivity index (χ0n) is 31.0. The molecule has 288 valence electrons. The van der Waals surface area contributed by atoms with Gasteiger partial charge in [0.25, 0.3) is 5.91 Å². The number of aromatic nitrogens is 3. The minimum absolute atomic E-state index is 0.0893. The molecule has 1 aromatic carbocycles. The quantitative estimate of drug-likeness (QED) is 0.244. The summed E-state index contributed by atoms with van der Waals surface area (Å²) in [4.78, 5) is 70.7. The number of sulfonamides is 1. The molecule has 1 saturated heterocycles. The number of alkyl carbamates (subject to hydrolysis) is 1.